The van der Waals surface area contributed by atoms with Crippen molar-refractivity contribution in [2.75, 3.05) is 0 Å². The fourth-order valence-corrected chi connectivity index (χ4v) is 4.71. The maximum atomic E-state index is 12.8. The third-order valence-electron chi connectivity index (χ3n) is 4.92. The molecule has 0 aromatic carbocycles. The summed E-state index contributed by atoms with van der Waals surface area (Å²) < 4.78 is 0. The molecule has 0 radical (unpaired) electrons. The maximum absolute atomic E-state index is 12.8. The summed E-state index contributed by atoms with van der Waals surface area (Å²) in [7, 11) is 0. The van der Waals surface area contributed by atoms with Crippen LogP contribution < -0.4 is 5.32 Å². The molecule has 0 bridgehead atoms. The molecule has 4 nitrogen and oxygen atoms in total. The van der Waals surface area contributed by atoms with Crippen LogP contribution in [0.4, 0.5) is 0 Å². The first-order valence-electron chi connectivity index (χ1n) is 8.25. The molecule has 3 aliphatic rings. The Hall–Kier alpha value is -1.36. The van der Waals surface area contributed by atoms with E-state index in [0.717, 1.165) is 17.2 Å². The summed E-state index contributed by atoms with van der Waals surface area (Å²) in [6, 6.07) is 4.40. The third-order valence-corrected chi connectivity index (χ3v) is 6.16. The van der Waals surface area contributed by atoms with Crippen molar-refractivity contribution in [3.05, 3.63) is 30.1 Å². The number of hydrogen-bond donors (Lipinski definition) is 1. The van der Waals surface area contributed by atoms with Gasteiger partial charge in [0, 0.05) is 17.6 Å². The molecule has 22 heavy (non-hydrogen) atoms. The molecule has 116 valence electrons. The topological polar surface area (TPSA) is 54.4 Å². The Bertz CT molecular complexity index is 583. The second kappa shape index (κ2) is 6.03. The summed E-state index contributed by atoms with van der Waals surface area (Å²) in [6.45, 7) is 0. The Morgan fingerprint density at radius 1 is 1.41 bits per heavy atom. The van der Waals surface area contributed by atoms with Crippen molar-refractivity contribution in [1.82, 2.24) is 10.3 Å². The van der Waals surface area contributed by atoms with Crippen LogP contribution in [-0.4, -0.2) is 27.4 Å². The summed E-state index contributed by atoms with van der Waals surface area (Å²) in [5, 5.41) is 4.51. The van der Waals surface area contributed by atoms with Crippen molar-refractivity contribution in [2.24, 2.45) is 10.9 Å². The quantitative estimate of drug-likeness (QED) is 0.929. The highest BCUT2D eigenvalue weighted by atomic mass is 32.2. The minimum absolute atomic E-state index is 0.0902. The van der Waals surface area contributed by atoms with Gasteiger partial charge >= 0.3 is 0 Å². The van der Waals surface area contributed by atoms with Crippen LogP contribution in [0, 0.1) is 5.92 Å². The SMILES string of the molecule is O=C(NC1=NC2CC2S1)C(CC1CCCC1)c1cccnc1. The van der Waals surface area contributed by atoms with Crippen molar-refractivity contribution < 1.29 is 4.79 Å². The predicted octanol–water partition coefficient (Wildman–Crippen LogP) is 3.11. The van der Waals surface area contributed by atoms with Crippen LogP contribution in [0.5, 0.6) is 0 Å². The van der Waals surface area contributed by atoms with Gasteiger partial charge in [0.1, 0.15) is 0 Å². The van der Waals surface area contributed by atoms with Crippen molar-refractivity contribution in [3.8, 4) is 0 Å². The monoisotopic (exact) mass is 315 g/mol. The van der Waals surface area contributed by atoms with E-state index in [1.165, 1.54) is 32.1 Å². The standard InChI is InChI=1S/C17H21N3OS/c21-16(20-17-19-14-9-15(14)22-17)13(8-11-4-1-2-5-11)12-6-3-7-18-10-12/h3,6-7,10-11,13-15H,1-2,4-5,8-9H2,(H,19,20,21). The fraction of sp³-hybridized carbons (Fsp3) is 0.588. The van der Waals surface area contributed by atoms with E-state index in [2.05, 4.69) is 15.3 Å². The molecule has 0 spiro atoms. The van der Waals surface area contributed by atoms with Gasteiger partial charge in [-0.25, -0.2) is 0 Å². The number of thioether (sulfide) groups is 1. The van der Waals surface area contributed by atoms with E-state index >= 15 is 0 Å². The molecule has 1 aromatic heterocycles. The fourth-order valence-electron chi connectivity index (χ4n) is 3.56. The van der Waals surface area contributed by atoms with Gasteiger partial charge in [-0.1, -0.05) is 43.5 Å². The number of aromatic nitrogens is 1. The van der Waals surface area contributed by atoms with Gasteiger partial charge in [-0.2, -0.15) is 0 Å². The predicted molar refractivity (Wildman–Crippen MR) is 88.9 cm³/mol. The second-order valence-corrected chi connectivity index (χ2v) is 7.84. The molecule has 1 N–H and O–H groups in total. The molecule has 3 unspecified atom stereocenters. The first kappa shape index (κ1) is 14.2. The molecule has 0 saturated heterocycles. The Morgan fingerprint density at radius 3 is 2.95 bits per heavy atom. The molecular formula is C17H21N3OS. The smallest absolute Gasteiger partial charge is 0.233 e. The van der Waals surface area contributed by atoms with Crippen LogP contribution in [0.25, 0.3) is 0 Å². The lowest BCUT2D eigenvalue weighted by atomic mass is 9.88. The molecule has 1 aromatic rings. The Morgan fingerprint density at radius 2 is 2.27 bits per heavy atom. The normalized spacial score (nSPS) is 28.1. The maximum Gasteiger partial charge on any atom is 0.233 e. The summed E-state index contributed by atoms with van der Waals surface area (Å²) in [5.74, 6) is 0.659. The van der Waals surface area contributed by atoms with Crippen LogP contribution in [-0.2, 0) is 4.79 Å². The van der Waals surface area contributed by atoms with E-state index in [-0.39, 0.29) is 11.8 Å². The number of hydrogen-bond acceptors (Lipinski definition) is 4. The van der Waals surface area contributed by atoms with Gasteiger partial charge in [-0.15, -0.1) is 0 Å². The van der Waals surface area contributed by atoms with Gasteiger partial charge in [0.15, 0.2) is 5.17 Å². The number of pyridine rings is 1. The van der Waals surface area contributed by atoms with E-state index in [1.54, 1.807) is 18.0 Å². The van der Waals surface area contributed by atoms with Crippen molar-refractivity contribution in [1.29, 1.82) is 0 Å². The minimum Gasteiger partial charge on any atom is -0.305 e. The molecule has 2 aliphatic carbocycles. The van der Waals surface area contributed by atoms with E-state index in [9.17, 15) is 4.79 Å². The van der Waals surface area contributed by atoms with Crippen LogP contribution in [0.1, 0.15) is 50.0 Å². The molecule has 2 fully saturated rings. The Balaban J connectivity index is 1.48. The van der Waals surface area contributed by atoms with Crippen molar-refractivity contribution >= 4 is 22.8 Å². The Kier molecular flexibility index (Phi) is 3.90. The molecular weight excluding hydrogens is 294 g/mol. The first-order chi connectivity index (χ1) is 10.8. The van der Waals surface area contributed by atoms with Crippen molar-refractivity contribution in [3.63, 3.8) is 0 Å². The summed E-state index contributed by atoms with van der Waals surface area (Å²) >= 11 is 1.73. The van der Waals surface area contributed by atoms with E-state index in [0.29, 0.717) is 17.2 Å². The van der Waals surface area contributed by atoms with Gasteiger partial charge in [0.25, 0.3) is 0 Å². The number of fused-ring (bicyclic) bond motifs is 1. The van der Waals surface area contributed by atoms with Gasteiger partial charge in [-0.05, 0) is 30.4 Å². The van der Waals surface area contributed by atoms with Gasteiger partial charge < -0.3 is 5.32 Å². The van der Waals surface area contributed by atoms with Crippen LogP contribution in [0.3, 0.4) is 0 Å². The molecule has 2 heterocycles. The van der Waals surface area contributed by atoms with Crippen LogP contribution in [0.15, 0.2) is 29.5 Å². The first-order valence-corrected chi connectivity index (χ1v) is 9.13. The molecule has 1 aliphatic heterocycles. The molecule has 5 heteroatoms. The molecule has 1 amide bonds. The number of nitrogens with zero attached hydrogens (tertiary/aromatic N) is 2. The van der Waals surface area contributed by atoms with Gasteiger partial charge in [-0.3, -0.25) is 14.8 Å². The number of amides is 1. The van der Waals surface area contributed by atoms with Crippen molar-refractivity contribution in [2.45, 2.75) is 55.7 Å². The number of nitrogens with one attached hydrogen (secondary N) is 1. The summed E-state index contributed by atoms with van der Waals surface area (Å²) in [5.41, 5.74) is 1.03. The summed E-state index contributed by atoms with van der Waals surface area (Å²) in [4.78, 5) is 21.5. The average molecular weight is 315 g/mol. The molecule has 3 atom stereocenters. The summed E-state index contributed by atoms with van der Waals surface area (Å²) in [6.07, 6.45) is 10.8. The zero-order chi connectivity index (χ0) is 14.9. The average Bonchev–Trinajstić information content (AvgIpc) is 2.93. The number of carbonyl (C=O) groups excluding carboxylic acids is 1. The molecule has 4 rings (SSSR count). The van der Waals surface area contributed by atoms with E-state index in [4.69, 9.17) is 0 Å². The van der Waals surface area contributed by atoms with E-state index in [1.807, 2.05) is 18.3 Å². The van der Waals surface area contributed by atoms with Gasteiger partial charge in [0.05, 0.1) is 12.0 Å². The van der Waals surface area contributed by atoms with Gasteiger partial charge in [0.2, 0.25) is 5.91 Å². The highest BCUT2D eigenvalue weighted by Gasteiger charge is 2.44. The third kappa shape index (κ3) is 3.05. The lowest BCUT2D eigenvalue weighted by Crippen LogP contribution is -2.33. The number of rotatable bonds is 4. The highest BCUT2D eigenvalue weighted by molar-refractivity contribution is 8.15. The van der Waals surface area contributed by atoms with Crippen LogP contribution >= 0.6 is 11.8 Å². The molecule has 2 saturated carbocycles. The Labute approximate surface area is 135 Å². The lowest BCUT2D eigenvalue weighted by Gasteiger charge is -2.20. The van der Waals surface area contributed by atoms with E-state index < -0.39 is 0 Å². The number of aliphatic imine (C=N–C) groups is 1. The number of carbonyl (C=O) groups is 1. The van der Waals surface area contributed by atoms with Crippen LogP contribution in [0.2, 0.25) is 0 Å². The largest absolute Gasteiger partial charge is 0.305 e. The zero-order valence-electron chi connectivity index (χ0n) is 12.6. The minimum atomic E-state index is -0.1000. The lowest BCUT2D eigenvalue weighted by molar-refractivity contribution is -0.121. The number of amidine groups is 1. The highest BCUT2D eigenvalue weighted by Crippen LogP contribution is 2.44. The second-order valence-electron chi connectivity index (χ2n) is 6.61. The zero-order valence-corrected chi connectivity index (χ0v) is 13.4.